The molecule has 1 aliphatic carbocycles. The van der Waals surface area contributed by atoms with Crippen LogP contribution in [0.3, 0.4) is 0 Å². The normalized spacial score (nSPS) is 13.2. The van der Waals surface area contributed by atoms with Crippen LogP contribution in [0.1, 0.15) is 35.7 Å². The summed E-state index contributed by atoms with van der Waals surface area (Å²) in [5, 5.41) is 5.82. The lowest BCUT2D eigenvalue weighted by Crippen LogP contribution is -2.26. The van der Waals surface area contributed by atoms with Gasteiger partial charge in [-0.25, -0.2) is 0 Å². The van der Waals surface area contributed by atoms with Crippen LogP contribution < -0.4 is 15.4 Å². The van der Waals surface area contributed by atoms with Crippen LogP contribution in [0.2, 0.25) is 0 Å². The van der Waals surface area contributed by atoms with Crippen LogP contribution in [0.25, 0.3) is 0 Å². The molecule has 1 saturated carbocycles. The molecule has 0 unspecified atom stereocenters. The maximum Gasteiger partial charge on any atom is 0.255 e. The molecule has 0 atom stereocenters. The third kappa shape index (κ3) is 5.08. The Hall–Kier alpha value is -2.82. The van der Waals surface area contributed by atoms with Gasteiger partial charge in [-0.3, -0.25) is 9.59 Å². The van der Waals surface area contributed by atoms with E-state index in [1.165, 1.54) is 0 Å². The number of benzene rings is 2. The number of hydrogen-bond acceptors (Lipinski definition) is 3. The van der Waals surface area contributed by atoms with Crippen molar-refractivity contribution in [3.05, 3.63) is 59.7 Å². The van der Waals surface area contributed by atoms with E-state index in [0.29, 0.717) is 30.3 Å². The number of nitrogens with one attached hydrogen (secondary N) is 2. The van der Waals surface area contributed by atoms with Gasteiger partial charge in [0.15, 0.2) is 0 Å². The Bertz CT molecular complexity index is 735. The highest BCUT2D eigenvalue weighted by atomic mass is 16.5. The van der Waals surface area contributed by atoms with Crippen LogP contribution in [0.15, 0.2) is 48.5 Å². The van der Waals surface area contributed by atoms with E-state index in [1.54, 1.807) is 24.3 Å². The average Bonchev–Trinajstić information content (AvgIpc) is 3.41. The Kier molecular flexibility index (Phi) is 5.33. The fourth-order valence-electron chi connectivity index (χ4n) is 2.47. The van der Waals surface area contributed by atoms with Gasteiger partial charge in [-0.05, 0) is 61.7 Å². The van der Waals surface area contributed by atoms with Gasteiger partial charge in [-0.15, -0.1) is 0 Å². The summed E-state index contributed by atoms with van der Waals surface area (Å²) in [6, 6.07) is 14.7. The molecule has 0 saturated heterocycles. The SMILES string of the molecule is CCOc1ccc(C(=O)Nc2ccc(CC(=O)NC3CC3)cc2)cc1. The number of ether oxygens (including phenoxy) is 1. The summed E-state index contributed by atoms with van der Waals surface area (Å²) in [6.45, 7) is 2.51. The van der Waals surface area contributed by atoms with Gasteiger partial charge in [0, 0.05) is 17.3 Å². The Labute approximate surface area is 147 Å². The van der Waals surface area contributed by atoms with E-state index in [-0.39, 0.29) is 11.8 Å². The lowest BCUT2D eigenvalue weighted by atomic mass is 10.1. The first-order chi connectivity index (χ1) is 12.1. The van der Waals surface area contributed by atoms with Crippen molar-refractivity contribution in [2.45, 2.75) is 32.2 Å². The number of carbonyl (C=O) groups is 2. The number of rotatable bonds is 7. The Morgan fingerprint density at radius 2 is 1.72 bits per heavy atom. The van der Waals surface area contributed by atoms with Crippen molar-refractivity contribution in [1.29, 1.82) is 0 Å². The Morgan fingerprint density at radius 3 is 2.32 bits per heavy atom. The van der Waals surface area contributed by atoms with Crippen LogP contribution in [0.4, 0.5) is 5.69 Å². The molecule has 0 aliphatic heterocycles. The third-order valence-corrected chi connectivity index (χ3v) is 3.95. The van der Waals surface area contributed by atoms with Gasteiger partial charge in [0.25, 0.3) is 5.91 Å². The quantitative estimate of drug-likeness (QED) is 0.815. The molecule has 25 heavy (non-hydrogen) atoms. The number of carbonyl (C=O) groups excluding carboxylic acids is 2. The van der Waals surface area contributed by atoms with Crippen molar-refractivity contribution in [3.63, 3.8) is 0 Å². The zero-order valence-corrected chi connectivity index (χ0v) is 14.2. The van der Waals surface area contributed by atoms with Crippen LogP contribution in [-0.2, 0) is 11.2 Å². The monoisotopic (exact) mass is 338 g/mol. The van der Waals surface area contributed by atoms with Gasteiger partial charge in [0.2, 0.25) is 5.91 Å². The highest BCUT2D eigenvalue weighted by Crippen LogP contribution is 2.19. The van der Waals surface area contributed by atoms with Gasteiger partial charge >= 0.3 is 0 Å². The highest BCUT2D eigenvalue weighted by Gasteiger charge is 2.23. The number of anilines is 1. The molecule has 0 aromatic heterocycles. The first-order valence-corrected chi connectivity index (χ1v) is 8.56. The van der Waals surface area contributed by atoms with E-state index in [1.807, 2.05) is 31.2 Å². The first-order valence-electron chi connectivity index (χ1n) is 8.56. The predicted molar refractivity (Wildman–Crippen MR) is 96.9 cm³/mol. The maximum atomic E-state index is 12.3. The fourth-order valence-corrected chi connectivity index (χ4v) is 2.47. The standard InChI is InChI=1S/C20H22N2O3/c1-2-25-18-11-5-15(6-12-18)20(24)22-17-7-3-14(4-8-17)13-19(23)21-16-9-10-16/h3-8,11-12,16H,2,9-10,13H2,1H3,(H,21,23)(H,22,24). The second kappa shape index (κ2) is 7.83. The molecule has 5 nitrogen and oxygen atoms in total. The number of amides is 2. The molecular weight excluding hydrogens is 316 g/mol. The van der Waals surface area contributed by atoms with Gasteiger partial charge in [-0.1, -0.05) is 12.1 Å². The molecule has 2 aromatic carbocycles. The molecule has 1 aliphatic rings. The molecule has 1 fully saturated rings. The van der Waals surface area contributed by atoms with E-state index >= 15 is 0 Å². The minimum Gasteiger partial charge on any atom is -0.494 e. The van der Waals surface area contributed by atoms with Crippen molar-refractivity contribution in [3.8, 4) is 5.75 Å². The molecule has 3 rings (SSSR count). The largest absolute Gasteiger partial charge is 0.494 e. The summed E-state index contributed by atoms with van der Waals surface area (Å²) in [7, 11) is 0. The second-order valence-electron chi connectivity index (χ2n) is 6.13. The molecule has 0 bridgehead atoms. The highest BCUT2D eigenvalue weighted by molar-refractivity contribution is 6.04. The molecule has 2 amide bonds. The Morgan fingerprint density at radius 1 is 1.04 bits per heavy atom. The second-order valence-corrected chi connectivity index (χ2v) is 6.13. The molecular formula is C20H22N2O3. The van der Waals surface area contributed by atoms with Crippen LogP contribution in [-0.4, -0.2) is 24.5 Å². The summed E-state index contributed by atoms with van der Waals surface area (Å²) in [5.74, 6) is 0.615. The lowest BCUT2D eigenvalue weighted by Gasteiger charge is -2.08. The molecule has 0 heterocycles. The summed E-state index contributed by atoms with van der Waals surface area (Å²) in [4.78, 5) is 24.1. The van der Waals surface area contributed by atoms with Gasteiger partial charge < -0.3 is 15.4 Å². The topological polar surface area (TPSA) is 67.4 Å². The maximum absolute atomic E-state index is 12.3. The average molecular weight is 338 g/mol. The predicted octanol–water partition coefficient (Wildman–Crippen LogP) is 3.16. The van der Waals surface area contributed by atoms with E-state index in [9.17, 15) is 9.59 Å². The van der Waals surface area contributed by atoms with Crippen LogP contribution in [0.5, 0.6) is 5.75 Å². The molecule has 2 N–H and O–H groups in total. The fraction of sp³-hybridized carbons (Fsp3) is 0.300. The summed E-state index contributed by atoms with van der Waals surface area (Å²) in [6.07, 6.45) is 2.54. The zero-order valence-electron chi connectivity index (χ0n) is 14.2. The van der Waals surface area contributed by atoms with Gasteiger partial charge in [0.1, 0.15) is 5.75 Å². The lowest BCUT2D eigenvalue weighted by molar-refractivity contribution is -0.120. The van der Waals surface area contributed by atoms with E-state index in [0.717, 1.165) is 24.2 Å². The molecule has 0 spiro atoms. The van der Waals surface area contributed by atoms with Gasteiger partial charge in [-0.2, -0.15) is 0 Å². The van der Waals surface area contributed by atoms with E-state index in [2.05, 4.69) is 10.6 Å². The van der Waals surface area contributed by atoms with Crippen molar-refractivity contribution in [1.82, 2.24) is 5.32 Å². The summed E-state index contributed by atoms with van der Waals surface area (Å²) >= 11 is 0. The first kappa shape index (κ1) is 17.0. The molecule has 5 heteroatoms. The van der Waals surface area contributed by atoms with Crippen molar-refractivity contribution in [2.24, 2.45) is 0 Å². The summed E-state index contributed by atoms with van der Waals surface area (Å²) < 4.78 is 5.37. The van der Waals surface area contributed by atoms with Crippen LogP contribution >= 0.6 is 0 Å². The van der Waals surface area contributed by atoms with Crippen molar-refractivity contribution in [2.75, 3.05) is 11.9 Å². The minimum atomic E-state index is -0.178. The molecule has 0 radical (unpaired) electrons. The smallest absolute Gasteiger partial charge is 0.255 e. The zero-order chi connectivity index (χ0) is 17.6. The third-order valence-electron chi connectivity index (χ3n) is 3.95. The van der Waals surface area contributed by atoms with Gasteiger partial charge in [0.05, 0.1) is 13.0 Å². The number of hydrogen-bond donors (Lipinski definition) is 2. The Balaban J connectivity index is 1.54. The van der Waals surface area contributed by atoms with E-state index in [4.69, 9.17) is 4.74 Å². The van der Waals surface area contributed by atoms with Crippen molar-refractivity contribution >= 4 is 17.5 Å². The van der Waals surface area contributed by atoms with Crippen LogP contribution in [0, 0.1) is 0 Å². The van der Waals surface area contributed by atoms with Crippen molar-refractivity contribution < 1.29 is 14.3 Å². The molecule has 2 aromatic rings. The minimum absolute atomic E-state index is 0.0497. The molecule has 130 valence electrons. The summed E-state index contributed by atoms with van der Waals surface area (Å²) in [5.41, 5.74) is 2.19. The van der Waals surface area contributed by atoms with E-state index < -0.39 is 0 Å².